The van der Waals surface area contributed by atoms with E-state index in [0.29, 0.717) is 0 Å². The number of urea groups is 1. The number of primary amides is 1. The van der Waals surface area contributed by atoms with Gasteiger partial charge in [0, 0.05) is 18.0 Å². The van der Waals surface area contributed by atoms with Gasteiger partial charge < -0.3 is 16.0 Å². The molecule has 0 radical (unpaired) electrons. The van der Waals surface area contributed by atoms with Gasteiger partial charge in [-0.3, -0.25) is 4.79 Å². The minimum atomic E-state index is -0.614. The maximum atomic E-state index is 12.2. The summed E-state index contributed by atoms with van der Waals surface area (Å²) >= 11 is 1.50. The molecule has 1 aromatic heterocycles. The van der Waals surface area contributed by atoms with Gasteiger partial charge in [0.05, 0.1) is 12.5 Å². The van der Waals surface area contributed by atoms with Gasteiger partial charge in [-0.05, 0) is 24.8 Å². The van der Waals surface area contributed by atoms with E-state index in [2.05, 4.69) is 5.32 Å². The summed E-state index contributed by atoms with van der Waals surface area (Å²) in [4.78, 5) is 25.9. The van der Waals surface area contributed by atoms with E-state index in [1.807, 2.05) is 31.4 Å². The number of nitrogens with one attached hydrogen (secondary N) is 1. The molecular weight excluding hydrogens is 262 g/mol. The fraction of sp³-hybridized carbons (Fsp3) is 0.538. The highest BCUT2D eigenvalue weighted by atomic mass is 32.1. The lowest BCUT2D eigenvalue weighted by atomic mass is 10.1. The second-order valence-corrected chi connectivity index (χ2v) is 5.52. The molecule has 0 aliphatic carbocycles. The molecule has 0 aromatic carbocycles. The van der Waals surface area contributed by atoms with Crippen molar-refractivity contribution in [3.05, 3.63) is 22.4 Å². The summed E-state index contributed by atoms with van der Waals surface area (Å²) in [5, 5.41) is 4.54. The maximum Gasteiger partial charge on any atom is 0.312 e. The van der Waals surface area contributed by atoms with Crippen molar-refractivity contribution in [1.29, 1.82) is 0 Å². The minimum Gasteiger partial charge on any atom is -0.352 e. The van der Waals surface area contributed by atoms with Crippen LogP contribution in [0.3, 0.4) is 0 Å². The lowest BCUT2D eigenvalue weighted by molar-refractivity contribution is -0.132. The van der Waals surface area contributed by atoms with Crippen molar-refractivity contribution in [1.82, 2.24) is 10.2 Å². The highest BCUT2D eigenvalue weighted by Gasteiger charge is 2.22. The van der Waals surface area contributed by atoms with Gasteiger partial charge in [-0.15, -0.1) is 11.3 Å². The first-order valence-corrected chi connectivity index (χ1v) is 7.18. The third-order valence-electron chi connectivity index (χ3n) is 3.23. The zero-order chi connectivity index (χ0) is 14.4. The molecule has 6 heteroatoms. The predicted octanol–water partition coefficient (Wildman–Crippen LogP) is 2.10. The van der Waals surface area contributed by atoms with Crippen LogP contribution in [0, 0.1) is 0 Å². The Morgan fingerprint density at radius 2 is 2.21 bits per heavy atom. The van der Waals surface area contributed by atoms with Crippen molar-refractivity contribution in [2.45, 2.75) is 38.8 Å². The van der Waals surface area contributed by atoms with Crippen molar-refractivity contribution < 1.29 is 9.59 Å². The average Bonchev–Trinajstić information content (AvgIpc) is 2.89. The summed E-state index contributed by atoms with van der Waals surface area (Å²) in [6.45, 7) is 4.03. The van der Waals surface area contributed by atoms with Crippen LogP contribution in [0.15, 0.2) is 17.5 Å². The molecule has 2 atom stereocenters. The number of hydrogen-bond acceptors (Lipinski definition) is 3. The van der Waals surface area contributed by atoms with Crippen molar-refractivity contribution in [3.8, 4) is 0 Å². The molecule has 0 bridgehead atoms. The molecule has 0 aliphatic rings. The minimum absolute atomic E-state index is 0.00139. The van der Waals surface area contributed by atoms with Gasteiger partial charge in [-0.1, -0.05) is 13.0 Å². The van der Waals surface area contributed by atoms with E-state index < -0.39 is 6.03 Å². The molecule has 0 spiro atoms. The lowest BCUT2D eigenvalue weighted by Crippen LogP contribution is -2.39. The van der Waals surface area contributed by atoms with Gasteiger partial charge in [0.15, 0.2) is 0 Å². The van der Waals surface area contributed by atoms with Crippen LogP contribution in [0.2, 0.25) is 0 Å². The number of nitrogens with zero attached hydrogens (tertiary/aromatic N) is 1. The van der Waals surface area contributed by atoms with E-state index in [0.717, 1.165) is 11.3 Å². The average molecular weight is 283 g/mol. The number of rotatable bonds is 6. The third kappa shape index (κ3) is 4.55. The summed E-state index contributed by atoms with van der Waals surface area (Å²) < 4.78 is 0. The van der Waals surface area contributed by atoms with Crippen LogP contribution in [-0.4, -0.2) is 29.9 Å². The molecule has 3 amide bonds. The second kappa shape index (κ2) is 7.13. The number of hydrogen-bond donors (Lipinski definition) is 2. The van der Waals surface area contributed by atoms with Gasteiger partial charge in [-0.2, -0.15) is 0 Å². The highest BCUT2D eigenvalue weighted by molar-refractivity contribution is 7.10. The molecule has 1 rings (SSSR count). The van der Waals surface area contributed by atoms with Crippen molar-refractivity contribution in [3.63, 3.8) is 0 Å². The third-order valence-corrected chi connectivity index (χ3v) is 4.21. The normalized spacial score (nSPS) is 13.6. The monoisotopic (exact) mass is 283 g/mol. The van der Waals surface area contributed by atoms with Gasteiger partial charge >= 0.3 is 6.03 Å². The summed E-state index contributed by atoms with van der Waals surface area (Å²) in [6.07, 6.45) is 1.12. The topological polar surface area (TPSA) is 75.4 Å². The van der Waals surface area contributed by atoms with Crippen LogP contribution in [0.25, 0.3) is 0 Å². The fourth-order valence-corrected chi connectivity index (χ4v) is 2.50. The number of carbonyl (C=O) groups excluding carboxylic acids is 2. The summed E-state index contributed by atoms with van der Waals surface area (Å²) in [5.41, 5.74) is 5.17. The van der Waals surface area contributed by atoms with E-state index >= 15 is 0 Å². The van der Waals surface area contributed by atoms with Gasteiger partial charge in [0.25, 0.3) is 0 Å². The molecule has 0 saturated heterocycles. The molecule has 5 nitrogen and oxygen atoms in total. The molecule has 19 heavy (non-hydrogen) atoms. The SMILES string of the molecule is CC[C@@H](C)N(C)C(=O)C[C@@H](NC(N)=O)c1cccs1. The Morgan fingerprint density at radius 1 is 1.53 bits per heavy atom. The van der Waals surface area contributed by atoms with Gasteiger partial charge in [0.2, 0.25) is 5.91 Å². The van der Waals surface area contributed by atoms with Crippen LogP contribution < -0.4 is 11.1 Å². The number of thiophene rings is 1. The van der Waals surface area contributed by atoms with Crippen LogP contribution in [0.4, 0.5) is 4.79 Å². The quantitative estimate of drug-likeness (QED) is 0.839. The molecule has 0 fully saturated rings. The standard InChI is InChI=1S/C13H21N3O2S/c1-4-9(2)16(3)12(17)8-10(15-13(14)18)11-6-5-7-19-11/h5-7,9-10H,4,8H2,1-3H3,(H3,14,15,18)/t9-,10-/m1/s1. The largest absolute Gasteiger partial charge is 0.352 e. The van der Waals surface area contributed by atoms with Crippen LogP contribution >= 0.6 is 11.3 Å². The first kappa shape index (κ1) is 15.5. The number of carbonyl (C=O) groups is 2. The summed E-state index contributed by atoms with van der Waals surface area (Å²) in [6, 6.07) is 3.00. The first-order chi connectivity index (χ1) is 8.95. The first-order valence-electron chi connectivity index (χ1n) is 6.30. The molecule has 0 aliphatic heterocycles. The Balaban J connectivity index is 2.73. The highest BCUT2D eigenvalue weighted by Crippen LogP contribution is 2.23. The van der Waals surface area contributed by atoms with Crippen LogP contribution in [0.1, 0.15) is 37.6 Å². The zero-order valence-electron chi connectivity index (χ0n) is 11.6. The maximum absolute atomic E-state index is 12.2. The van der Waals surface area contributed by atoms with E-state index in [1.165, 1.54) is 11.3 Å². The number of nitrogens with two attached hydrogens (primary N) is 1. The second-order valence-electron chi connectivity index (χ2n) is 4.54. The molecular formula is C13H21N3O2S. The molecule has 1 heterocycles. The Bertz CT molecular complexity index is 420. The molecule has 0 unspecified atom stereocenters. The van der Waals surface area contributed by atoms with Gasteiger partial charge in [0.1, 0.15) is 0 Å². The van der Waals surface area contributed by atoms with Crippen molar-refractivity contribution >= 4 is 23.3 Å². The smallest absolute Gasteiger partial charge is 0.312 e. The Labute approximate surface area is 117 Å². The Kier molecular flexibility index (Phi) is 5.82. The molecule has 0 saturated carbocycles. The Hall–Kier alpha value is -1.56. The fourth-order valence-electron chi connectivity index (χ4n) is 1.72. The lowest BCUT2D eigenvalue weighted by Gasteiger charge is -2.26. The zero-order valence-corrected chi connectivity index (χ0v) is 12.4. The van der Waals surface area contributed by atoms with E-state index in [4.69, 9.17) is 5.73 Å². The molecule has 106 valence electrons. The Morgan fingerprint density at radius 3 is 2.68 bits per heavy atom. The number of amides is 3. The van der Waals surface area contributed by atoms with Gasteiger partial charge in [-0.25, -0.2) is 4.79 Å². The van der Waals surface area contributed by atoms with E-state index in [-0.39, 0.29) is 24.4 Å². The predicted molar refractivity (Wildman–Crippen MR) is 76.9 cm³/mol. The van der Waals surface area contributed by atoms with E-state index in [1.54, 1.807) is 11.9 Å². The summed E-state index contributed by atoms with van der Waals surface area (Å²) in [7, 11) is 1.78. The molecule has 3 N–H and O–H groups in total. The van der Waals surface area contributed by atoms with E-state index in [9.17, 15) is 9.59 Å². The van der Waals surface area contributed by atoms with Crippen LogP contribution in [0.5, 0.6) is 0 Å². The van der Waals surface area contributed by atoms with Crippen molar-refractivity contribution in [2.75, 3.05) is 7.05 Å². The molecule has 1 aromatic rings. The van der Waals surface area contributed by atoms with Crippen molar-refractivity contribution in [2.24, 2.45) is 5.73 Å². The van der Waals surface area contributed by atoms with Crippen LogP contribution in [-0.2, 0) is 4.79 Å². The summed E-state index contributed by atoms with van der Waals surface area (Å²) in [5.74, 6) is 0.00139.